The van der Waals surface area contributed by atoms with Gasteiger partial charge in [0.25, 0.3) is 0 Å². The number of hydrogen-bond acceptors (Lipinski definition) is 4. The highest BCUT2D eigenvalue weighted by atomic mass is 35.5. The van der Waals surface area contributed by atoms with Crippen molar-refractivity contribution >= 4 is 39.1 Å². The maximum atomic E-state index is 13.9. The average molecular weight is 612 g/mol. The second-order valence-electron chi connectivity index (χ2n) is 10.9. The van der Waals surface area contributed by atoms with Crippen LogP contribution >= 0.6 is 11.6 Å². The van der Waals surface area contributed by atoms with Gasteiger partial charge in [-0.2, -0.15) is 0 Å². The number of anilines is 1. The number of benzene rings is 3. The summed E-state index contributed by atoms with van der Waals surface area (Å²) in [5, 5.41) is 3.60. The van der Waals surface area contributed by atoms with Crippen molar-refractivity contribution < 1.29 is 18.0 Å². The van der Waals surface area contributed by atoms with Gasteiger partial charge in [-0.15, -0.1) is 0 Å². The van der Waals surface area contributed by atoms with Crippen molar-refractivity contribution in [3.8, 4) is 0 Å². The number of aryl methyl sites for hydroxylation is 2. The summed E-state index contributed by atoms with van der Waals surface area (Å²) in [6.45, 7) is 8.18. The van der Waals surface area contributed by atoms with Gasteiger partial charge >= 0.3 is 0 Å². The fourth-order valence-corrected chi connectivity index (χ4v) is 5.88. The SMILES string of the molecule is CC[C@H](C)NC(=O)[C@H](Cc1ccccc1)N(Cc1cccc(Cl)c1)C(=O)CCCN(c1ccc(C)c(C)c1)S(C)(=O)=O. The summed E-state index contributed by atoms with van der Waals surface area (Å²) in [5.41, 5.74) is 4.36. The first-order valence-electron chi connectivity index (χ1n) is 14.3. The van der Waals surface area contributed by atoms with Gasteiger partial charge in [0.2, 0.25) is 21.8 Å². The number of amides is 2. The van der Waals surface area contributed by atoms with E-state index in [9.17, 15) is 18.0 Å². The Hall–Kier alpha value is -3.36. The summed E-state index contributed by atoms with van der Waals surface area (Å²) in [5.74, 6) is -0.458. The molecule has 3 aromatic rings. The van der Waals surface area contributed by atoms with E-state index in [-0.39, 0.29) is 43.8 Å². The van der Waals surface area contributed by atoms with Gasteiger partial charge in [0.15, 0.2) is 0 Å². The lowest BCUT2D eigenvalue weighted by molar-refractivity contribution is -0.141. The lowest BCUT2D eigenvalue weighted by Gasteiger charge is -2.33. The van der Waals surface area contributed by atoms with Crippen LogP contribution in [0.1, 0.15) is 55.4 Å². The Labute approximate surface area is 255 Å². The van der Waals surface area contributed by atoms with E-state index in [1.165, 1.54) is 10.6 Å². The zero-order valence-corrected chi connectivity index (χ0v) is 26.7. The number of nitrogens with one attached hydrogen (secondary N) is 1. The smallest absolute Gasteiger partial charge is 0.243 e. The first-order chi connectivity index (χ1) is 19.9. The van der Waals surface area contributed by atoms with Gasteiger partial charge in [-0.1, -0.05) is 67.1 Å². The standard InChI is InChI=1S/C33H42ClN3O4S/c1-6-26(4)35-33(39)31(22-27-12-8-7-9-13-27)36(23-28-14-10-15-29(34)21-28)32(38)16-11-19-37(42(5,40)41)30-18-17-24(2)25(3)20-30/h7-10,12-15,17-18,20-21,26,31H,6,11,16,19,22-23H2,1-5H3,(H,35,39)/t26-,31-/m0/s1. The summed E-state index contributed by atoms with van der Waals surface area (Å²) in [4.78, 5) is 29.2. The molecule has 0 bridgehead atoms. The predicted molar refractivity (Wildman–Crippen MR) is 171 cm³/mol. The predicted octanol–water partition coefficient (Wildman–Crippen LogP) is 6.06. The molecule has 0 spiro atoms. The summed E-state index contributed by atoms with van der Waals surface area (Å²) in [6, 6.07) is 21.6. The molecule has 0 aliphatic carbocycles. The molecule has 0 radical (unpaired) electrons. The van der Waals surface area contributed by atoms with Gasteiger partial charge in [0, 0.05) is 37.0 Å². The minimum absolute atomic E-state index is 0.0554. The van der Waals surface area contributed by atoms with E-state index in [0.29, 0.717) is 17.1 Å². The Morgan fingerprint density at radius 2 is 1.62 bits per heavy atom. The Kier molecular flexibility index (Phi) is 12.0. The van der Waals surface area contributed by atoms with Gasteiger partial charge < -0.3 is 10.2 Å². The maximum Gasteiger partial charge on any atom is 0.243 e. The summed E-state index contributed by atoms with van der Waals surface area (Å²) in [7, 11) is -3.58. The monoisotopic (exact) mass is 611 g/mol. The van der Waals surface area contributed by atoms with Crippen LogP contribution in [0.2, 0.25) is 5.02 Å². The van der Waals surface area contributed by atoms with E-state index < -0.39 is 16.1 Å². The number of carbonyl (C=O) groups is 2. The van der Waals surface area contributed by atoms with Crippen LogP contribution in [0.3, 0.4) is 0 Å². The first kappa shape index (κ1) is 33.1. The molecule has 9 heteroatoms. The highest BCUT2D eigenvalue weighted by Gasteiger charge is 2.31. The lowest BCUT2D eigenvalue weighted by Crippen LogP contribution is -2.52. The van der Waals surface area contributed by atoms with Crippen LogP contribution in [0, 0.1) is 13.8 Å². The maximum absolute atomic E-state index is 13.9. The van der Waals surface area contributed by atoms with Crippen molar-refractivity contribution in [1.82, 2.24) is 10.2 Å². The molecule has 0 aromatic heterocycles. The van der Waals surface area contributed by atoms with Crippen LogP contribution in [0.25, 0.3) is 0 Å². The van der Waals surface area contributed by atoms with Crippen LogP contribution < -0.4 is 9.62 Å². The van der Waals surface area contributed by atoms with E-state index in [2.05, 4.69) is 5.32 Å². The van der Waals surface area contributed by atoms with Crippen LogP contribution in [-0.2, 0) is 32.6 Å². The molecular weight excluding hydrogens is 570 g/mol. The number of hydrogen-bond donors (Lipinski definition) is 1. The van der Waals surface area contributed by atoms with Crippen LogP contribution in [0.15, 0.2) is 72.8 Å². The third kappa shape index (κ3) is 9.60. The van der Waals surface area contributed by atoms with Gasteiger partial charge in [0.05, 0.1) is 11.9 Å². The zero-order valence-electron chi connectivity index (χ0n) is 25.1. The molecule has 0 heterocycles. The van der Waals surface area contributed by atoms with Gasteiger partial charge in [-0.05, 0) is 80.1 Å². The van der Waals surface area contributed by atoms with Gasteiger partial charge in [-0.25, -0.2) is 8.42 Å². The second-order valence-corrected chi connectivity index (χ2v) is 13.2. The quantitative estimate of drug-likeness (QED) is 0.240. The largest absolute Gasteiger partial charge is 0.352 e. The number of carbonyl (C=O) groups excluding carboxylic acids is 2. The number of halogens is 1. The molecule has 226 valence electrons. The minimum Gasteiger partial charge on any atom is -0.352 e. The fraction of sp³-hybridized carbons (Fsp3) is 0.394. The van der Waals surface area contributed by atoms with Crippen LogP contribution in [-0.4, -0.2) is 50.0 Å². The second kappa shape index (κ2) is 15.2. The van der Waals surface area contributed by atoms with Crippen molar-refractivity contribution in [2.24, 2.45) is 0 Å². The van der Waals surface area contributed by atoms with Crippen molar-refractivity contribution in [3.63, 3.8) is 0 Å². The molecule has 0 saturated carbocycles. The topological polar surface area (TPSA) is 86.8 Å². The molecule has 1 N–H and O–H groups in total. The highest BCUT2D eigenvalue weighted by molar-refractivity contribution is 7.92. The molecule has 0 saturated heterocycles. The Balaban J connectivity index is 1.90. The van der Waals surface area contributed by atoms with E-state index in [0.717, 1.165) is 28.7 Å². The number of rotatable bonds is 14. The third-order valence-corrected chi connectivity index (χ3v) is 8.87. The van der Waals surface area contributed by atoms with Crippen molar-refractivity contribution in [3.05, 3.63) is 100 Å². The Morgan fingerprint density at radius 1 is 0.929 bits per heavy atom. The van der Waals surface area contributed by atoms with Crippen LogP contribution in [0.4, 0.5) is 5.69 Å². The van der Waals surface area contributed by atoms with E-state index in [4.69, 9.17) is 11.6 Å². The van der Waals surface area contributed by atoms with E-state index in [1.54, 1.807) is 23.1 Å². The first-order valence-corrected chi connectivity index (χ1v) is 16.5. The minimum atomic E-state index is -3.58. The number of nitrogens with zero attached hydrogens (tertiary/aromatic N) is 2. The average Bonchev–Trinajstić information content (AvgIpc) is 2.94. The van der Waals surface area contributed by atoms with Crippen molar-refractivity contribution in [1.29, 1.82) is 0 Å². The molecule has 0 aliphatic rings. The van der Waals surface area contributed by atoms with Crippen molar-refractivity contribution in [2.45, 2.75) is 72.0 Å². The summed E-state index contributed by atoms with van der Waals surface area (Å²) < 4.78 is 26.8. The molecule has 7 nitrogen and oxygen atoms in total. The number of sulfonamides is 1. The van der Waals surface area contributed by atoms with Gasteiger partial charge in [0.1, 0.15) is 6.04 Å². The van der Waals surface area contributed by atoms with Gasteiger partial charge in [-0.3, -0.25) is 13.9 Å². The molecule has 0 aliphatic heterocycles. The summed E-state index contributed by atoms with van der Waals surface area (Å²) >= 11 is 6.26. The highest BCUT2D eigenvalue weighted by Crippen LogP contribution is 2.23. The molecule has 3 rings (SSSR count). The van der Waals surface area contributed by atoms with E-state index >= 15 is 0 Å². The molecule has 0 unspecified atom stereocenters. The zero-order chi connectivity index (χ0) is 30.9. The summed E-state index contributed by atoms with van der Waals surface area (Å²) in [6.07, 6.45) is 2.62. The molecule has 0 fully saturated rings. The molecule has 2 amide bonds. The van der Waals surface area contributed by atoms with Crippen molar-refractivity contribution in [2.75, 3.05) is 17.1 Å². The molecule has 3 aromatic carbocycles. The molecule has 2 atom stereocenters. The third-order valence-electron chi connectivity index (χ3n) is 7.44. The Bertz CT molecular complexity index is 1460. The van der Waals surface area contributed by atoms with Crippen LogP contribution in [0.5, 0.6) is 0 Å². The molecular formula is C33H42ClN3O4S. The Morgan fingerprint density at radius 3 is 2.24 bits per heavy atom. The molecule has 42 heavy (non-hydrogen) atoms. The van der Waals surface area contributed by atoms with E-state index in [1.807, 2.05) is 82.3 Å². The normalized spacial score (nSPS) is 12.8. The fourth-order valence-electron chi connectivity index (χ4n) is 4.71. The lowest BCUT2D eigenvalue weighted by atomic mass is 10.0.